The topological polar surface area (TPSA) is 127 Å². The molecule has 0 aromatic heterocycles. The van der Waals surface area contributed by atoms with Gasteiger partial charge >= 0.3 is 24.0 Å². The molecule has 0 radical (unpaired) electrons. The van der Waals surface area contributed by atoms with E-state index < -0.39 is 0 Å². The molecule has 2 aliphatic heterocycles. The Kier molecular flexibility index (Phi) is 20.1. The van der Waals surface area contributed by atoms with Gasteiger partial charge in [0.25, 0.3) is 0 Å². The number of hydrogen-bond acceptors (Lipinski definition) is 8. The number of methoxy groups -OCH3 is 4. The number of carbonyl (C=O) groups excluding carboxylic acids is 4. The SMILES string of the molecule is C.COC(=O)c1ccc(CBr)cc1.COC(=O)c1ccc(CN(C(=O)N2CCCCC2)c2cccc(OC)c2)cc1.COc1cccc(NC(=O)N2CCCCC2)c1. The van der Waals surface area contributed by atoms with E-state index in [2.05, 4.69) is 26.0 Å². The van der Waals surface area contributed by atoms with Gasteiger partial charge in [0.2, 0.25) is 0 Å². The third-order valence-electron chi connectivity index (χ3n) is 9.43. The average molecular weight is 862 g/mol. The number of urea groups is 2. The third kappa shape index (κ3) is 14.4. The van der Waals surface area contributed by atoms with Gasteiger partial charge in [0.15, 0.2) is 0 Å². The summed E-state index contributed by atoms with van der Waals surface area (Å²) in [4.78, 5) is 53.4. The van der Waals surface area contributed by atoms with E-state index in [0.717, 1.165) is 91.9 Å². The number of ether oxygens (including phenoxy) is 4. The first-order chi connectivity index (χ1) is 27.7. The van der Waals surface area contributed by atoms with E-state index in [1.165, 1.54) is 20.6 Å². The zero-order valence-corrected chi connectivity index (χ0v) is 34.8. The van der Waals surface area contributed by atoms with E-state index in [9.17, 15) is 19.2 Å². The van der Waals surface area contributed by atoms with Gasteiger partial charge in [0.05, 0.1) is 46.1 Å². The van der Waals surface area contributed by atoms with Crippen LogP contribution in [0.3, 0.4) is 0 Å². The number of alkyl halides is 1. The maximum Gasteiger partial charge on any atom is 0.337 e. The second-order valence-corrected chi connectivity index (χ2v) is 13.9. The number of likely N-dealkylation sites (tertiary alicyclic amines) is 2. The van der Waals surface area contributed by atoms with Gasteiger partial charge in [-0.3, -0.25) is 4.90 Å². The van der Waals surface area contributed by atoms with Gasteiger partial charge in [-0.2, -0.15) is 0 Å². The van der Waals surface area contributed by atoms with Gasteiger partial charge < -0.3 is 34.1 Å². The Hall–Kier alpha value is -5.56. The van der Waals surface area contributed by atoms with Crippen molar-refractivity contribution in [2.24, 2.45) is 0 Å². The van der Waals surface area contributed by atoms with Gasteiger partial charge in [-0.15, -0.1) is 0 Å². The molecule has 0 unspecified atom stereocenters. The van der Waals surface area contributed by atoms with Crippen LogP contribution in [0.5, 0.6) is 11.5 Å². The van der Waals surface area contributed by atoms with Crippen LogP contribution in [0.4, 0.5) is 21.0 Å². The molecule has 6 rings (SSSR count). The molecule has 2 fully saturated rings. The van der Waals surface area contributed by atoms with E-state index in [1.54, 1.807) is 43.4 Å². The van der Waals surface area contributed by atoms with Crippen molar-refractivity contribution in [2.45, 2.75) is 57.8 Å². The summed E-state index contributed by atoms with van der Waals surface area (Å²) in [5, 5.41) is 3.69. The standard InChI is InChI=1S/C22H26N2O4.C13H18N2O2.C9H9BrO2.CH4/c1-27-20-8-6-7-19(15-20)24(22(26)23-13-4-3-5-14-23)16-17-9-11-18(12-10-17)21(25)28-2;1-17-12-7-5-6-11(10-12)14-13(16)15-8-3-2-4-9-15;1-12-9(11)8-4-2-7(6-10)3-5-8;/h6-12,15H,3-5,13-14,16H2,1-2H3;5-7,10H,2-4,8-9H2,1H3,(H,14,16);2-5H,6H2,1H3;1H4. The van der Waals surface area contributed by atoms with Crippen LogP contribution >= 0.6 is 15.9 Å². The van der Waals surface area contributed by atoms with Crippen LogP contribution < -0.4 is 19.7 Å². The van der Waals surface area contributed by atoms with Crippen molar-refractivity contribution >= 4 is 51.3 Å². The van der Waals surface area contributed by atoms with Crippen LogP contribution in [0.2, 0.25) is 0 Å². The van der Waals surface area contributed by atoms with Gasteiger partial charge in [-0.05, 0) is 98.2 Å². The number of anilines is 2. The molecule has 2 aliphatic rings. The second-order valence-electron chi connectivity index (χ2n) is 13.3. The van der Waals surface area contributed by atoms with E-state index in [-0.39, 0.29) is 31.4 Å². The largest absolute Gasteiger partial charge is 0.497 e. The molecular weight excluding hydrogens is 804 g/mol. The van der Waals surface area contributed by atoms with Gasteiger partial charge in [-0.1, -0.05) is 59.8 Å². The average Bonchev–Trinajstić information content (AvgIpc) is 3.28. The normalized spacial score (nSPS) is 13.1. The van der Waals surface area contributed by atoms with Crippen LogP contribution in [0.1, 0.15) is 77.8 Å². The molecule has 0 atom stereocenters. The monoisotopic (exact) mass is 860 g/mol. The lowest BCUT2D eigenvalue weighted by Crippen LogP contribution is -2.45. The van der Waals surface area contributed by atoms with Crippen LogP contribution in [0, 0.1) is 0 Å². The summed E-state index contributed by atoms with van der Waals surface area (Å²) >= 11 is 3.32. The van der Waals surface area contributed by atoms with E-state index >= 15 is 0 Å². The van der Waals surface area contributed by atoms with E-state index in [0.29, 0.717) is 23.4 Å². The Labute approximate surface area is 351 Å². The lowest BCUT2D eigenvalue weighted by atomic mass is 10.1. The summed E-state index contributed by atoms with van der Waals surface area (Å²) in [7, 11) is 5.96. The summed E-state index contributed by atoms with van der Waals surface area (Å²) < 4.78 is 19.8. The van der Waals surface area contributed by atoms with Crippen LogP contribution in [0.25, 0.3) is 0 Å². The number of piperidine rings is 2. The fraction of sp³-hybridized carbons (Fsp3) is 0.378. The summed E-state index contributed by atoms with van der Waals surface area (Å²) in [5.41, 5.74) is 4.71. The minimum absolute atomic E-state index is 0. The first kappa shape index (κ1) is 46.8. The summed E-state index contributed by atoms with van der Waals surface area (Å²) in [5.74, 6) is 0.785. The van der Waals surface area contributed by atoms with Crippen LogP contribution in [0.15, 0.2) is 97.1 Å². The molecule has 2 saturated heterocycles. The minimum Gasteiger partial charge on any atom is -0.497 e. The molecule has 12 nitrogen and oxygen atoms in total. The highest BCUT2D eigenvalue weighted by Crippen LogP contribution is 2.26. The summed E-state index contributed by atoms with van der Waals surface area (Å²) in [6, 6.07) is 29.3. The van der Waals surface area contributed by atoms with Crippen molar-refractivity contribution in [1.29, 1.82) is 0 Å². The predicted molar refractivity (Wildman–Crippen MR) is 232 cm³/mol. The van der Waals surface area contributed by atoms with Crippen LogP contribution in [-0.4, -0.2) is 88.4 Å². The fourth-order valence-corrected chi connectivity index (χ4v) is 6.57. The first-order valence-corrected chi connectivity index (χ1v) is 20.1. The maximum atomic E-state index is 13.3. The van der Waals surface area contributed by atoms with Crippen molar-refractivity contribution in [2.75, 3.05) is 64.8 Å². The number of halogens is 1. The first-order valence-electron chi connectivity index (χ1n) is 19.0. The van der Waals surface area contributed by atoms with Gasteiger partial charge in [-0.25, -0.2) is 19.2 Å². The molecule has 0 spiro atoms. The number of carbonyl (C=O) groups is 4. The highest BCUT2D eigenvalue weighted by Gasteiger charge is 2.25. The van der Waals surface area contributed by atoms with Crippen molar-refractivity contribution < 1.29 is 38.1 Å². The smallest absolute Gasteiger partial charge is 0.337 e. The maximum absolute atomic E-state index is 13.3. The Morgan fingerprint density at radius 2 is 1.10 bits per heavy atom. The molecule has 4 aromatic carbocycles. The predicted octanol–water partition coefficient (Wildman–Crippen LogP) is 9.81. The molecule has 312 valence electrons. The number of rotatable bonds is 9. The zero-order chi connectivity index (χ0) is 41.0. The summed E-state index contributed by atoms with van der Waals surface area (Å²) in [6.45, 7) is 3.68. The molecular formula is C45H57BrN4O8. The zero-order valence-electron chi connectivity index (χ0n) is 33.2. The quantitative estimate of drug-likeness (QED) is 0.130. The highest BCUT2D eigenvalue weighted by molar-refractivity contribution is 9.08. The Morgan fingerprint density at radius 1 is 0.621 bits per heavy atom. The summed E-state index contributed by atoms with van der Waals surface area (Å²) in [6.07, 6.45) is 6.66. The van der Waals surface area contributed by atoms with E-state index in [4.69, 9.17) is 14.2 Å². The van der Waals surface area contributed by atoms with Crippen molar-refractivity contribution in [1.82, 2.24) is 9.80 Å². The second kappa shape index (κ2) is 24.9. The number of nitrogens with one attached hydrogen (secondary N) is 1. The number of hydrogen-bond donors (Lipinski definition) is 1. The van der Waals surface area contributed by atoms with Crippen molar-refractivity contribution in [3.05, 3.63) is 119 Å². The Morgan fingerprint density at radius 3 is 1.60 bits per heavy atom. The molecule has 0 bridgehead atoms. The fourth-order valence-electron chi connectivity index (χ4n) is 6.20. The third-order valence-corrected chi connectivity index (χ3v) is 10.1. The molecule has 1 N–H and O–H groups in total. The molecule has 4 aromatic rings. The number of esters is 2. The van der Waals surface area contributed by atoms with Crippen molar-refractivity contribution in [3.8, 4) is 11.5 Å². The number of nitrogens with zero attached hydrogens (tertiary/aromatic N) is 3. The van der Waals surface area contributed by atoms with Gasteiger partial charge in [0, 0.05) is 55.0 Å². The molecule has 13 heteroatoms. The minimum atomic E-state index is -0.374. The Balaban J connectivity index is 0.000000255. The van der Waals surface area contributed by atoms with Crippen molar-refractivity contribution in [3.63, 3.8) is 0 Å². The molecule has 0 saturated carbocycles. The highest BCUT2D eigenvalue weighted by atomic mass is 79.9. The lowest BCUT2D eigenvalue weighted by molar-refractivity contribution is 0.0592. The molecule has 4 amide bonds. The molecule has 0 aliphatic carbocycles. The van der Waals surface area contributed by atoms with Crippen LogP contribution in [-0.2, 0) is 21.3 Å². The van der Waals surface area contributed by atoms with E-state index in [1.807, 2.05) is 82.6 Å². The molecule has 2 heterocycles. The van der Waals surface area contributed by atoms with Gasteiger partial charge in [0.1, 0.15) is 11.5 Å². The number of amides is 4. The Bertz CT molecular complexity index is 1880. The molecule has 58 heavy (non-hydrogen) atoms. The lowest BCUT2D eigenvalue weighted by Gasteiger charge is -2.33. The number of benzene rings is 4.